The van der Waals surface area contributed by atoms with Crippen molar-refractivity contribution >= 4 is 27.3 Å². The molecule has 0 atom stereocenters. The summed E-state index contributed by atoms with van der Waals surface area (Å²) in [5, 5.41) is 0. The highest BCUT2D eigenvalue weighted by Crippen LogP contribution is 2.25. The van der Waals surface area contributed by atoms with Gasteiger partial charge < -0.3 is 4.90 Å². The number of thiophene rings is 1. The van der Waals surface area contributed by atoms with Crippen molar-refractivity contribution in [3.63, 3.8) is 0 Å². The number of sulfonamides is 1. The number of hydrogen-bond acceptors (Lipinski definition) is 4. The SMILES string of the molecule is CCCc1cc(C(=O)N2CCN(S(=O)(=O)Cc3ccccc3)CC2)sc1C. The molecule has 3 rings (SSSR count). The Morgan fingerprint density at radius 1 is 1.11 bits per heavy atom. The van der Waals surface area contributed by atoms with E-state index in [1.54, 1.807) is 16.2 Å². The second kappa shape index (κ2) is 8.54. The lowest BCUT2D eigenvalue weighted by molar-refractivity contribution is 0.0702. The highest BCUT2D eigenvalue weighted by molar-refractivity contribution is 7.88. The lowest BCUT2D eigenvalue weighted by Gasteiger charge is -2.33. The molecule has 1 fully saturated rings. The molecule has 0 radical (unpaired) electrons. The Kier molecular flexibility index (Phi) is 6.34. The Balaban J connectivity index is 1.61. The van der Waals surface area contributed by atoms with Crippen LogP contribution in [-0.4, -0.2) is 49.7 Å². The zero-order valence-electron chi connectivity index (χ0n) is 15.8. The minimum Gasteiger partial charge on any atom is -0.335 e. The van der Waals surface area contributed by atoms with Gasteiger partial charge in [0.05, 0.1) is 10.6 Å². The molecule has 2 aromatic rings. The third-order valence-corrected chi connectivity index (χ3v) is 7.79. The third-order valence-electron chi connectivity index (χ3n) is 4.86. The lowest BCUT2D eigenvalue weighted by Crippen LogP contribution is -2.50. The molecule has 1 saturated heterocycles. The zero-order valence-corrected chi connectivity index (χ0v) is 17.5. The molecule has 0 aliphatic carbocycles. The maximum atomic E-state index is 12.8. The van der Waals surface area contributed by atoms with Crippen molar-refractivity contribution in [2.24, 2.45) is 0 Å². The number of amides is 1. The number of aryl methyl sites for hydroxylation is 2. The number of benzene rings is 1. The van der Waals surface area contributed by atoms with Crippen LogP contribution in [0.4, 0.5) is 0 Å². The summed E-state index contributed by atoms with van der Waals surface area (Å²) in [6.45, 7) is 5.77. The largest absolute Gasteiger partial charge is 0.335 e. The monoisotopic (exact) mass is 406 g/mol. The smallest absolute Gasteiger partial charge is 0.264 e. The summed E-state index contributed by atoms with van der Waals surface area (Å²) in [4.78, 5) is 16.5. The van der Waals surface area contributed by atoms with E-state index in [9.17, 15) is 13.2 Å². The van der Waals surface area contributed by atoms with Gasteiger partial charge in [-0.15, -0.1) is 11.3 Å². The third kappa shape index (κ3) is 4.78. The molecule has 146 valence electrons. The first-order valence-corrected chi connectivity index (χ1v) is 11.7. The van der Waals surface area contributed by atoms with Gasteiger partial charge in [0.25, 0.3) is 5.91 Å². The van der Waals surface area contributed by atoms with E-state index in [0.29, 0.717) is 26.2 Å². The Hall–Kier alpha value is -1.70. The standard InChI is InChI=1S/C20H26N2O3S2/c1-3-7-18-14-19(26-16(18)2)20(23)21-10-12-22(13-11-21)27(24,25)15-17-8-5-4-6-9-17/h4-6,8-9,14H,3,7,10-13,15H2,1-2H3. The second-order valence-electron chi connectivity index (χ2n) is 6.88. The Morgan fingerprint density at radius 3 is 2.41 bits per heavy atom. The Bertz CT molecular complexity index is 883. The molecule has 1 amide bonds. The molecule has 2 heterocycles. The predicted molar refractivity (Wildman–Crippen MR) is 110 cm³/mol. The highest BCUT2D eigenvalue weighted by Gasteiger charge is 2.30. The number of nitrogens with zero attached hydrogens (tertiary/aromatic N) is 2. The summed E-state index contributed by atoms with van der Waals surface area (Å²) in [7, 11) is -3.36. The summed E-state index contributed by atoms with van der Waals surface area (Å²) in [5.41, 5.74) is 2.03. The molecule has 0 bridgehead atoms. The van der Waals surface area contributed by atoms with Gasteiger partial charge in [0.15, 0.2) is 0 Å². The van der Waals surface area contributed by atoms with Gasteiger partial charge in [-0.25, -0.2) is 8.42 Å². The van der Waals surface area contributed by atoms with Crippen LogP contribution in [0.25, 0.3) is 0 Å². The van der Waals surface area contributed by atoms with Gasteiger partial charge in [-0.05, 0) is 30.5 Å². The number of hydrogen-bond donors (Lipinski definition) is 0. The molecule has 0 spiro atoms. The average molecular weight is 407 g/mol. The number of rotatable bonds is 6. The normalized spacial score (nSPS) is 15.9. The van der Waals surface area contributed by atoms with Crippen LogP contribution < -0.4 is 0 Å². The van der Waals surface area contributed by atoms with Gasteiger partial charge >= 0.3 is 0 Å². The number of carbonyl (C=O) groups is 1. The van der Waals surface area contributed by atoms with Gasteiger partial charge in [0.1, 0.15) is 0 Å². The van der Waals surface area contributed by atoms with Crippen molar-refractivity contribution in [2.45, 2.75) is 32.4 Å². The van der Waals surface area contributed by atoms with Crippen LogP contribution in [0, 0.1) is 6.92 Å². The van der Waals surface area contributed by atoms with E-state index in [0.717, 1.165) is 23.3 Å². The summed E-state index contributed by atoms with van der Waals surface area (Å²) >= 11 is 1.54. The van der Waals surface area contributed by atoms with E-state index in [-0.39, 0.29) is 11.7 Å². The van der Waals surface area contributed by atoms with E-state index in [1.807, 2.05) is 36.4 Å². The Labute approximate surface area is 165 Å². The molecule has 1 aliphatic heterocycles. The van der Waals surface area contributed by atoms with Crippen molar-refractivity contribution in [3.05, 3.63) is 57.3 Å². The molecule has 1 aliphatic rings. The lowest BCUT2D eigenvalue weighted by atomic mass is 10.1. The Morgan fingerprint density at radius 2 is 1.78 bits per heavy atom. The van der Waals surface area contributed by atoms with Gasteiger partial charge in [-0.3, -0.25) is 4.79 Å². The average Bonchev–Trinajstić information content (AvgIpc) is 3.03. The molecule has 1 aromatic heterocycles. The molecule has 27 heavy (non-hydrogen) atoms. The highest BCUT2D eigenvalue weighted by atomic mass is 32.2. The minimum atomic E-state index is -3.36. The van der Waals surface area contributed by atoms with Crippen molar-refractivity contribution in [1.29, 1.82) is 0 Å². The summed E-state index contributed by atoms with van der Waals surface area (Å²) in [6, 6.07) is 11.2. The van der Waals surface area contributed by atoms with Crippen molar-refractivity contribution < 1.29 is 13.2 Å². The first-order chi connectivity index (χ1) is 12.9. The van der Waals surface area contributed by atoms with E-state index in [1.165, 1.54) is 14.7 Å². The van der Waals surface area contributed by atoms with Crippen LogP contribution in [0.15, 0.2) is 36.4 Å². The van der Waals surface area contributed by atoms with Gasteiger partial charge in [-0.1, -0.05) is 43.7 Å². The van der Waals surface area contributed by atoms with Crippen molar-refractivity contribution in [2.75, 3.05) is 26.2 Å². The fourth-order valence-corrected chi connectivity index (χ4v) is 5.90. The molecular weight excluding hydrogens is 380 g/mol. The topological polar surface area (TPSA) is 57.7 Å². The maximum Gasteiger partial charge on any atom is 0.264 e. The first-order valence-electron chi connectivity index (χ1n) is 9.31. The molecule has 0 saturated carbocycles. The summed E-state index contributed by atoms with van der Waals surface area (Å²) < 4.78 is 26.8. The van der Waals surface area contributed by atoms with Crippen LogP contribution in [0.2, 0.25) is 0 Å². The second-order valence-corrected chi connectivity index (χ2v) is 10.1. The van der Waals surface area contributed by atoms with Crippen molar-refractivity contribution in [1.82, 2.24) is 9.21 Å². The van der Waals surface area contributed by atoms with Crippen LogP contribution in [0.5, 0.6) is 0 Å². The molecule has 0 N–H and O–H groups in total. The first kappa shape index (κ1) is 20.0. The molecule has 7 heteroatoms. The quantitative estimate of drug-likeness (QED) is 0.740. The molecule has 1 aromatic carbocycles. The van der Waals surface area contributed by atoms with E-state index in [4.69, 9.17) is 0 Å². The zero-order chi connectivity index (χ0) is 19.4. The molecule has 0 unspecified atom stereocenters. The fraction of sp³-hybridized carbons (Fsp3) is 0.450. The summed E-state index contributed by atoms with van der Waals surface area (Å²) in [5.74, 6) is 0.0253. The molecule has 5 nitrogen and oxygen atoms in total. The van der Waals surface area contributed by atoms with Gasteiger partial charge in [0, 0.05) is 31.1 Å². The van der Waals surface area contributed by atoms with Crippen LogP contribution in [0.1, 0.15) is 39.0 Å². The predicted octanol–water partition coefficient (Wildman–Crippen LogP) is 3.30. The minimum absolute atomic E-state index is 0.00623. The van der Waals surface area contributed by atoms with Gasteiger partial charge in [-0.2, -0.15) is 4.31 Å². The number of piperazine rings is 1. The molecular formula is C20H26N2O3S2. The van der Waals surface area contributed by atoms with E-state index < -0.39 is 10.0 Å². The summed E-state index contributed by atoms with van der Waals surface area (Å²) in [6.07, 6.45) is 2.05. The van der Waals surface area contributed by atoms with E-state index in [2.05, 4.69) is 13.8 Å². The fourth-order valence-electron chi connectivity index (χ4n) is 3.34. The van der Waals surface area contributed by atoms with Crippen molar-refractivity contribution in [3.8, 4) is 0 Å². The van der Waals surface area contributed by atoms with Crippen LogP contribution >= 0.6 is 11.3 Å². The van der Waals surface area contributed by atoms with Crippen LogP contribution in [-0.2, 0) is 22.2 Å². The maximum absolute atomic E-state index is 12.8. The van der Waals surface area contributed by atoms with Crippen LogP contribution in [0.3, 0.4) is 0 Å². The van der Waals surface area contributed by atoms with Gasteiger partial charge in [0.2, 0.25) is 10.0 Å². The van der Waals surface area contributed by atoms with E-state index >= 15 is 0 Å². The number of carbonyl (C=O) groups excluding carboxylic acids is 1.